The number of aromatic nitrogens is 5. The van der Waals surface area contributed by atoms with Crippen LogP contribution >= 0.6 is 0 Å². The predicted octanol–water partition coefficient (Wildman–Crippen LogP) is 5.86. The number of benzene rings is 2. The Morgan fingerprint density at radius 1 is 1.09 bits per heavy atom. The summed E-state index contributed by atoms with van der Waals surface area (Å²) in [5, 5.41) is 21.4. The van der Waals surface area contributed by atoms with E-state index in [9.17, 15) is 35.9 Å². The van der Waals surface area contributed by atoms with Gasteiger partial charge in [-0.05, 0) is 80.5 Å². The lowest BCUT2D eigenvalue weighted by atomic mass is 9.93. The van der Waals surface area contributed by atoms with Crippen LogP contribution in [0.2, 0.25) is 0 Å². The van der Waals surface area contributed by atoms with Crippen molar-refractivity contribution < 1.29 is 49.4 Å². The van der Waals surface area contributed by atoms with E-state index >= 15 is 8.78 Å². The van der Waals surface area contributed by atoms with Gasteiger partial charge in [0.05, 0.1) is 36.0 Å². The third kappa shape index (κ3) is 7.75. The predicted molar refractivity (Wildman–Crippen MR) is 195 cm³/mol. The van der Waals surface area contributed by atoms with Gasteiger partial charge in [0.1, 0.15) is 46.6 Å². The summed E-state index contributed by atoms with van der Waals surface area (Å²) in [6, 6.07) is 7.62. The molecule has 3 unspecified atom stereocenters. The number of methoxy groups -OCH3 is 1. The van der Waals surface area contributed by atoms with Crippen LogP contribution in [0.15, 0.2) is 42.5 Å². The fourth-order valence-electron chi connectivity index (χ4n) is 7.41. The lowest BCUT2D eigenvalue weighted by Gasteiger charge is -2.23. The van der Waals surface area contributed by atoms with E-state index in [2.05, 4.69) is 32.1 Å². The summed E-state index contributed by atoms with van der Waals surface area (Å²) < 4.78 is 122. The number of fused-ring (bicyclic) bond motifs is 4. The first-order valence-corrected chi connectivity index (χ1v) is 19.3. The van der Waals surface area contributed by atoms with Crippen molar-refractivity contribution in [1.29, 1.82) is 0 Å². The number of rotatable bonds is 11. The van der Waals surface area contributed by atoms with Crippen LogP contribution < -0.4 is 14.8 Å². The molecule has 1 fully saturated rings. The van der Waals surface area contributed by atoms with E-state index in [1.54, 1.807) is 19.2 Å². The molecule has 2 aromatic carbocycles. The van der Waals surface area contributed by atoms with Crippen LogP contribution in [0.5, 0.6) is 5.75 Å². The number of ether oxygens (including phenoxy) is 1. The van der Waals surface area contributed by atoms with Gasteiger partial charge in [-0.2, -0.15) is 19.0 Å². The fraction of sp³-hybridized carbons (Fsp3) is 0.368. The summed E-state index contributed by atoms with van der Waals surface area (Å²) in [6.45, 7) is 1.96. The van der Waals surface area contributed by atoms with E-state index in [0.29, 0.717) is 21.8 Å². The maximum atomic E-state index is 15.4. The topological polar surface area (TPSA) is 153 Å². The molecule has 0 saturated heterocycles. The Balaban J connectivity index is 1.40. The molecule has 300 valence electrons. The summed E-state index contributed by atoms with van der Waals surface area (Å²) in [4.78, 5) is 18.7. The number of carbonyl (C=O) groups excluding carboxylic acids is 1. The molecule has 3 heterocycles. The molecule has 0 bridgehead atoms. The SMILES string of the molecule is COc1ccc(-c2ccc(C#CC(C)(C)O)nc2C(Cc2cc(F)cc(F)c2)NC(=O)Cn2nc(C(F)F)c3c2C(F)(F)C2CC32)c2c1c(NS(C)(=O)=O)nn2C. The van der Waals surface area contributed by atoms with Crippen molar-refractivity contribution in [3.05, 3.63) is 88.0 Å². The Kier molecular flexibility index (Phi) is 9.80. The zero-order chi connectivity index (χ0) is 41.4. The van der Waals surface area contributed by atoms with Gasteiger partial charge in [-0.25, -0.2) is 31.0 Å². The summed E-state index contributed by atoms with van der Waals surface area (Å²) in [7, 11) is -0.920. The first kappa shape index (κ1) is 39.6. The van der Waals surface area contributed by atoms with Crippen LogP contribution in [-0.2, 0) is 40.8 Å². The second-order valence-electron chi connectivity index (χ2n) is 14.6. The molecule has 3 N–H and O–H groups in total. The molecule has 3 aromatic heterocycles. The standard InChI is InChI=1S/C38H35F6N7O5S/c1-37(2,53)11-10-21-6-7-22(23-8-9-27(56-4)30-33(23)50(3)48-36(30)49-57(5,54)55)31(45-21)26(14-18-12-19(39)15-20(40)13-18)46-28(52)17-51-34-29(32(47-51)35(41)42)24-16-25(24)38(34,43)44/h6-9,12-13,15,24-26,35,53H,14,16-17H2,1-5H3,(H,46,52)(H,48,49). The molecule has 5 aromatic rings. The fourth-order valence-corrected chi connectivity index (χ4v) is 7.91. The molecule has 0 spiro atoms. The first-order valence-electron chi connectivity index (χ1n) is 17.4. The van der Waals surface area contributed by atoms with Crippen molar-refractivity contribution >= 4 is 32.7 Å². The molecular weight excluding hydrogens is 781 g/mol. The molecule has 7 rings (SSSR count). The molecule has 1 amide bonds. The zero-order valence-electron chi connectivity index (χ0n) is 31.0. The van der Waals surface area contributed by atoms with E-state index < -0.39 is 81.3 Å². The Labute approximate surface area is 322 Å². The maximum absolute atomic E-state index is 15.4. The lowest BCUT2D eigenvalue weighted by Crippen LogP contribution is -2.35. The van der Waals surface area contributed by atoms with Gasteiger partial charge < -0.3 is 15.2 Å². The number of aliphatic hydroxyl groups is 1. The summed E-state index contributed by atoms with van der Waals surface area (Å²) in [5.74, 6) is -2.74. The van der Waals surface area contributed by atoms with E-state index in [1.807, 2.05) is 0 Å². The number of carbonyl (C=O) groups is 1. The van der Waals surface area contributed by atoms with Gasteiger partial charge in [-0.1, -0.05) is 5.92 Å². The number of aryl methyl sites for hydroxylation is 1. The molecular formula is C38H35F6N7O5S. The van der Waals surface area contributed by atoms with Crippen LogP contribution in [0, 0.1) is 29.4 Å². The molecule has 2 aliphatic rings. The minimum atomic E-state index is -3.83. The Morgan fingerprint density at radius 3 is 2.40 bits per heavy atom. The largest absolute Gasteiger partial charge is 0.496 e. The van der Waals surface area contributed by atoms with Gasteiger partial charge in [0.15, 0.2) is 5.82 Å². The third-order valence-corrected chi connectivity index (χ3v) is 10.2. The molecule has 12 nitrogen and oxygen atoms in total. The lowest BCUT2D eigenvalue weighted by molar-refractivity contribution is -0.123. The van der Waals surface area contributed by atoms with E-state index in [1.165, 1.54) is 37.8 Å². The Bertz CT molecular complexity index is 2610. The second-order valence-corrected chi connectivity index (χ2v) is 16.4. The van der Waals surface area contributed by atoms with Crippen molar-refractivity contribution in [1.82, 2.24) is 29.9 Å². The second kappa shape index (κ2) is 14.1. The summed E-state index contributed by atoms with van der Waals surface area (Å²) in [5.41, 5.74) is -2.16. The highest BCUT2D eigenvalue weighted by Gasteiger charge is 2.67. The Hall–Kier alpha value is -5.61. The van der Waals surface area contributed by atoms with E-state index in [4.69, 9.17) is 9.72 Å². The highest BCUT2D eigenvalue weighted by atomic mass is 32.2. The van der Waals surface area contributed by atoms with Crippen molar-refractivity contribution in [2.75, 3.05) is 18.1 Å². The highest BCUT2D eigenvalue weighted by Crippen LogP contribution is 2.68. The Morgan fingerprint density at radius 2 is 1.77 bits per heavy atom. The highest BCUT2D eigenvalue weighted by molar-refractivity contribution is 7.92. The van der Waals surface area contributed by atoms with Gasteiger partial charge in [0.2, 0.25) is 15.9 Å². The number of halogens is 6. The number of alkyl halides is 4. The molecule has 57 heavy (non-hydrogen) atoms. The molecule has 0 radical (unpaired) electrons. The monoisotopic (exact) mass is 815 g/mol. The number of hydrogen-bond donors (Lipinski definition) is 3. The zero-order valence-corrected chi connectivity index (χ0v) is 31.8. The number of nitrogens with one attached hydrogen (secondary N) is 2. The van der Waals surface area contributed by atoms with Gasteiger partial charge in [0.25, 0.3) is 12.3 Å². The van der Waals surface area contributed by atoms with E-state index in [-0.39, 0.29) is 57.9 Å². The number of hydrogen-bond acceptors (Lipinski definition) is 8. The first-order chi connectivity index (χ1) is 26.6. The molecule has 3 atom stereocenters. The number of anilines is 1. The maximum Gasteiger partial charge on any atom is 0.293 e. The summed E-state index contributed by atoms with van der Waals surface area (Å²) >= 11 is 0. The van der Waals surface area contributed by atoms with Crippen molar-refractivity contribution in [3.8, 4) is 28.7 Å². The van der Waals surface area contributed by atoms with Crippen LogP contribution in [0.25, 0.3) is 22.0 Å². The van der Waals surface area contributed by atoms with Crippen LogP contribution in [0.4, 0.5) is 32.2 Å². The van der Waals surface area contributed by atoms with Crippen molar-refractivity contribution in [2.24, 2.45) is 13.0 Å². The average molecular weight is 816 g/mol. The summed E-state index contributed by atoms with van der Waals surface area (Å²) in [6.07, 6.45) is -2.55. The van der Waals surface area contributed by atoms with Gasteiger partial charge in [0, 0.05) is 35.7 Å². The van der Waals surface area contributed by atoms with E-state index in [0.717, 1.165) is 18.4 Å². The van der Waals surface area contributed by atoms with Crippen LogP contribution in [0.3, 0.4) is 0 Å². The van der Waals surface area contributed by atoms with Gasteiger partial charge >= 0.3 is 0 Å². The molecule has 1 saturated carbocycles. The van der Waals surface area contributed by atoms with Gasteiger partial charge in [-0.15, -0.1) is 0 Å². The minimum absolute atomic E-state index is 0.0200. The van der Waals surface area contributed by atoms with Crippen LogP contribution in [0.1, 0.15) is 72.6 Å². The van der Waals surface area contributed by atoms with Crippen molar-refractivity contribution in [2.45, 2.75) is 63.1 Å². The quantitative estimate of drug-likeness (QED) is 0.111. The normalized spacial score (nSPS) is 17.5. The average Bonchev–Trinajstić information content (AvgIpc) is 3.65. The number of pyridine rings is 1. The molecule has 2 aliphatic carbocycles. The minimum Gasteiger partial charge on any atom is -0.496 e. The smallest absolute Gasteiger partial charge is 0.293 e. The molecule has 0 aliphatic heterocycles. The van der Waals surface area contributed by atoms with Crippen molar-refractivity contribution in [3.63, 3.8) is 0 Å². The number of amides is 1. The van der Waals surface area contributed by atoms with Gasteiger partial charge in [-0.3, -0.25) is 18.9 Å². The number of sulfonamides is 1. The number of nitrogens with zero attached hydrogens (tertiary/aromatic N) is 5. The third-order valence-electron chi connectivity index (χ3n) is 9.65. The molecule has 19 heteroatoms. The van der Waals surface area contributed by atoms with Crippen LogP contribution in [-0.4, -0.2) is 62.9 Å².